The van der Waals surface area contributed by atoms with Crippen molar-refractivity contribution in [2.75, 3.05) is 26.2 Å². The lowest BCUT2D eigenvalue weighted by Gasteiger charge is -2.44. The van der Waals surface area contributed by atoms with Crippen molar-refractivity contribution in [2.45, 2.75) is 31.5 Å². The van der Waals surface area contributed by atoms with Crippen molar-refractivity contribution in [3.8, 4) is 11.1 Å². The van der Waals surface area contributed by atoms with Gasteiger partial charge in [-0.3, -0.25) is 9.69 Å². The summed E-state index contributed by atoms with van der Waals surface area (Å²) >= 11 is 0. The molecule has 1 fully saturated rings. The maximum Gasteiger partial charge on any atom is 0.510 e. The van der Waals surface area contributed by atoms with Crippen molar-refractivity contribution in [1.29, 1.82) is 0 Å². The van der Waals surface area contributed by atoms with Gasteiger partial charge >= 0.3 is 6.16 Å². The molecule has 208 valence electrons. The highest BCUT2D eigenvalue weighted by atomic mass is 16.7. The summed E-state index contributed by atoms with van der Waals surface area (Å²) in [5.74, 6) is -0.0796. The summed E-state index contributed by atoms with van der Waals surface area (Å²) in [6.45, 7) is 3.40. The molecule has 1 heterocycles. The molecule has 0 radical (unpaired) electrons. The van der Waals surface area contributed by atoms with Crippen molar-refractivity contribution in [2.24, 2.45) is 0 Å². The number of carbonyl (C=O) groups excluding carboxylic acids is 2. The summed E-state index contributed by atoms with van der Waals surface area (Å²) in [6.07, 6.45) is -1.22. The predicted molar refractivity (Wildman–Crippen MR) is 158 cm³/mol. The molecular formula is C35H34N2O4. The van der Waals surface area contributed by atoms with Crippen LogP contribution in [0.2, 0.25) is 0 Å². The maximum atomic E-state index is 14.0. The van der Waals surface area contributed by atoms with E-state index in [9.17, 15) is 9.59 Å². The average Bonchev–Trinajstić information content (AvgIpc) is 3.32. The highest BCUT2D eigenvalue weighted by molar-refractivity contribution is 5.84. The van der Waals surface area contributed by atoms with Crippen molar-refractivity contribution < 1.29 is 19.1 Å². The van der Waals surface area contributed by atoms with Gasteiger partial charge in [0.15, 0.2) is 6.23 Å². The standard InChI is InChI=1S/C35H34N2O4/c1-2-40-35(39)41-33-24-36(34(25-13-5-3-6-14-25)26-15-7-4-8-16-26)21-22-37(33)32(38)23-31-29-19-11-9-17-27(29)28-18-10-12-20-30(28)31/h3-20,31,33-34H,2,21-24H2,1H3. The molecule has 0 saturated carbocycles. The Morgan fingerprint density at radius 2 is 1.29 bits per heavy atom. The van der Waals surface area contributed by atoms with E-state index in [1.54, 1.807) is 11.8 Å². The topological polar surface area (TPSA) is 59.1 Å². The Kier molecular flexibility index (Phi) is 7.83. The van der Waals surface area contributed by atoms with Crippen LogP contribution in [0.3, 0.4) is 0 Å². The number of hydrogen-bond donors (Lipinski definition) is 0. The van der Waals surface area contributed by atoms with Gasteiger partial charge in [0.25, 0.3) is 0 Å². The highest BCUT2D eigenvalue weighted by Gasteiger charge is 2.39. The first kappa shape index (κ1) is 26.8. The van der Waals surface area contributed by atoms with E-state index in [0.29, 0.717) is 26.1 Å². The van der Waals surface area contributed by atoms with E-state index < -0.39 is 12.4 Å². The number of piperazine rings is 1. The van der Waals surface area contributed by atoms with Crippen LogP contribution in [0.15, 0.2) is 109 Å². The highest BCUT2D eigenvalue weighted by Crippen LogP contribution is 2.46. The number of hydrogen-bond acceptors (Lipinski definition) is 5. The minimum absolute atomic E-state index is 0.0357. The molecular weight excluding hydrogens is 512 g/mol. The zero-order valence-electron chi connectivity index (χ0n) is 23.2. The Balaban J connectivity index is 1.28. The normalized spacial score (nSPS) is 16.7. The molecule has 1 unspecified atom stereocenters. The van der Waals surface area contributed by atoms with Crippen molar-refractivity contribution in [1.82, 2.24) is 9.80 Å². The third kappa shape index (κ3) is 5.48. The van der Waals surface area contributed by atoms with Gasteiger partial charge in [-0.15, -0.1) is 0 Å². The van der Waals surface area contributed by atoms with Crippen LogP contribution in [0.1, 0.15) is 47.6 Å². The lowest BCUT2D eigenvalue weighted by molar-refractivity contribution is -0.151. The second-order valence-electron chi connectivity index (χ2n) is 10.5. The fourth-order valence-corrected chi connectivity index (χ4v) is 6.31. The monoisotopic (exact) mass is 546 g/mol. The number of ether oxygens (including phenoxy) is 2. The summed E-state index contributed by atoms with van der Waals surface area (Å²) in [5.41, 5.74) is 6.98. The summed E-state index contributed by atoms with van der Waals surface area (Å²) in [6, 6.07) is 37.2. The molecule has 2 aliphatic rings. The summed E-state index contributed by atoms with van der Waals surface area (Å²) in [5, 5.41) is 0. The van der Waals surface area contributed by atoms with E-state index in [4.69, 9.17) is 9.47 Å². The second-order valence-corrected chi connectivity index (χ2v) is 10.5. The van der Waals surface area contributed by atoms with Crippen molar-refractivity contribution >= 4 is 12.1 Å². The number of nitrogens with zero attached hydrogens (tertiary/aromatic N) is 2. The molecule has 0 N–H and O–H groups in total. The van der Waals surface area contributed by atoms with Crippen LogP contribution in [-0.4, -0.2) is 54.3 Å². The summed E-state index contributed by atoms with van der Waals surface area (Å²) in [7, 11) is 0. The zero-order chi connectivity index (χ0) is 28.2. The molecule has 1 saturated heterocycles. The van der Waals surface area contributed by atoms with Gasteiger partial charge in [-0.1, -0.05) is 109 Å². The van der Waals surface area contributed by atoms with Crippen LogP contribution in [0.4, 0.5) is 4.79 Å². The lowest BCUT2D eigenvalue weighted by atomic mass is 9.92. The summed E-state index contributed by atoms with van der Waals surface area (Å²) < 4.78 is 11.0. The predicted octanol–water partition coefficient (Wildman–Crippen LogP) is 6.62. The molecule has 1 aliphatic heterocycles. The fourth-order valence-electron chi connectivity index (χ4n) is 6.31. The van der Waals surface area contributed by atoms with Crippen molar-refractivity contribution in [3.05, 3.63) is 131 Å². The smallest absolute Gasteiger partial charge is 0.435 e. The van der Waals surface area contributed by atoms with Gasteiger partial charge < -0.3 is 14.4 Å². The Morgan fingerprint density at radius 3 is 1.85 bits per heavy atom. The first-order valence-corrected chi connectivity index (χ1v) is 14.3. The molecule has 1 amide bonds. The third-order valence-corrected chi connectivity index (χ3v) is 8.12. The number of rotatable bonds is 7. The van der Waals surface area contributed by atoms with Gasteiger partial charge in [-0.2, -0.15) is 0 Å². The van der Waals surface area contributed by atoms with Crippen LogP contribution >= 0.6 is 0 Å². The van der Waals surface area contributed by atoms with E-state index in [1.807, 2.05) is 60.7 Å². The number of amides is 1. The van der Waals surface area contributed by atoms with Gasteiger partial charge in [-0.05, 0) is 40.3 Å². The zero-order valence-corrected chi connectivity index (χ0v) is 23.2. The molecule has 4 aromatic carbocycles. The first-order valence-electron chi connectivity index (χ1n) is 14.3. The van der Waals surface area contributed by atoms with Crippen LogP contribution in [0, 0.1) is 0 Å². The van der Waals surface area contributed by atoms with Gasteiger partial charge in [0.2, 0.25) is 5.91 Å². The van der Waals surface area contributed by atoms with Gasteiger partial charge in [0.1, 0.15) is 0 Å². The fraction of sp³-hybridized carbons (Fsp3) is 0.257. The Morgan fingerprint density at radius 1 is 0.756 bits per heavy atom. The first-order chi connectivity index (χ1) is 20.1. The molecule has 0 aromatic heterocycles. The molecule has 6 nitrogen and oxygen atoms in total. The SMILES string of the molecule is CCOC(=O)OC1CN(C(c2ccccc2)c2ccccc2)CCN1C(=O)CC1c2ccccc2-c2ccccc21. The van der Waals surface area contributed by atoms with Gasteiger partial charge in [0, 0.05) is 25.4 Å². The molecule has 6 heteroatoms. The third-order valence-electron chi connectivity index (χ3n) is 8.12. The number of benzene rings is 4. The average molecular weight is 547 g/mol. The molecule has 6 rings (SSSR count). The van der Waals surface area contributed by atoms with Gasteiger partial charge in [-0.25, -0.2) is 4.79 Å². The molecule has 1 aliphatic carbocycles. The Labute approximate surface area is 241 Å². The van der Waals surface area contributed by atoms with Crippen molar-refractivity contribution in [3.63, 3.8) is 0 Å². The lowest BCUT2D eigenvalue weighted by Crippen LogP contribution is -2.57. The molecule has 1 atom stereocenters. The maximum absolute atomic E-state index is 14.0. The minimum atomic E-state index is -0.767. The molecule has 4 aromatic rings. The van der Waals surface area contributed by atoms with Crippen LogP contribution in [-0.2, 0) is 14.3 Å². The van der Waals surface area contributed by atoms with E-state index in [2.05, 4.69) is 53.4 Å². The second kappa shape index (κ2) is 12.0. The Bertz CT molecular complexity index is 1420. The van der Waals surface area contributed by atoms with Crippen LogP contribution in [0.25, 0.3) is 11.1 Å². The quantitative estimate of drug-likeness (QED) is 0.244. The number of fused-ring (bicyclic) bond motifs is 3. The van der Waals surface area contributed by atoms with E-state index in [1.165, 1.54) is 11.1 Å². The summed E-state index contributed by atoms with van der Waals surface area (Å²) in [4.78, 5) is 30.6. The van der Waals surface area contributed by atoms with E-state index >= 15 is 0 Å². The van der Waals surface area contributed by atoms with Gasteiger partial charge in [0.05, 0.1) is 19.2 Å². The molecule has 0 spiro atoms. The van der Waals surface area contributed by atoms with Crippen LogP contribution < -0.4 is 0 Å². The molecule has 41 heavy (non-hydrogen) atoms. The van der Waals surface area contributed by atoms with E-state index in [-0.39, 0.29) is 24.5 Å². The van der Waals surface area contributed by atoms with E-state index in [0.717, 1.165) is 22.3 Å². The van der Waals surface area contributed by atoms with Crippen LogP contribution in [0.5, 0.6) is 0 Å². The molecule has 0 bridgehead atoms. The number of carbonyl (C=O) groups is 2. The Hall–Kier alpha value is -4.42. The minimum Gasteiger partial charge on any atom is -0.435 e. The largest absolute Gasteiger partial charge is 0.510 e.